The Morgan fingerprint density at radius 2 is 2.29 bits per heavy atom. The molecule has 4 heteroatoms. The summed E-state index contributed by atoms with van der Waals surface area (Å²) in [5.74, 6) is 6.97. The second-order valence-corrected chi connectivity index (χ2v) is 6.38. The standard InChI is InChI=1S/C17H21NO2S/c1-2-15-13-18(10-12-21-15)17(20)16-9-4-3-7-14(16)8-5-6-11-19/h3-4,7,9,15,19H,2,6,10-13H2,1H3. The van der Waals surface area contributed by atoms with E-state index in [0.717, 1.165) is 30.8 Å². The molecule has 0 aromatic heterocycles. The second-order valence-electron chi connectivity index (χ2n) is 4.97. The lowest BCUT2D eigenvalue weighted by molar-refractivity contribution is 0.0760. The van der Waals surface area contributed by atoms with Gasteiger partial charge in [0.15, 0.2) is 0 Å². The molecule has 1 aromatic carbocycles. The third-order valence-corrected chi connectivity index (χ3v) is 4.87. The third kappa shape index (κ3) is 4.26. The van der Waals surface area contributed by atoms with Gasteiger partial charge in [0.05, 0.1) is 12.2 Å². The molecule has 1 atom stereocenters. The van der Waals surface area contributed by atoms with Gasteiger partial charge in [-0.15, -0.1) is 0 Å². The molecule has 1 N–H and O–H groups in total. The van der Waals surface area contributed by atoms with Crippen molar-refractivity contribution in [2.45, 2.75) is 25.0 Å². The normalized spacial score (nSPS) is 18.0. The molecule has 112 valence electrons. The Kier molecular flexibility index (Phi) is 6.16. The Morgan fingerprint density at radius 3 is 3.05 bits per heavy atom. The number of hydrogen-bond acceptors (Lipinski definition) is 3. The lowest BCUT2D eigenvalue weighted by Crippen LogP contribution is -2.42. The van der Waals surface area contributed by atoms with E-state index in [9.17, 15) is 4.79 Å². The molecule has 0 bridgehead atoms. The molecule has 1 unspecified atom stereocenters. The van der Waals surface area contributed by atoms with Crippen molar-refractivity contribution in [1.29, 1.82) is 0 Å². The quantitative estimate of drug-likeness (QED) is 0.872. The fraction of sp³-hybridized carbons (Fsp3) is 0.471. The molecular weight excluding hydrogens is 282 g/mol. The van der Waals surface area contributed by atoms with E-state index in [0.29, 0.717) is 17.2 Å². The van der Waals surface area contributed by atoms with Crippen LogP contribution in [0.2, 0.25) is 0 Å². The summed E-state index contributed by atoms with van der Waals surface area (Å²) in [6.45, 7) is 3.83. The fourth-order valence-corrected chi connectivity index (χ4v) is 3.49. The first kappa shape index (κ1) is 15.9. The molecular formula is C17H21NO2S. The average Bonchev–Trinajstić information content (AvgIpc) is 2.55. The highest BCUT2D eigenvalue weighted by Gasteiger charge is 2.24. The van der Waals surface area contributed by atoms with Gasteiger partial charge in [0.1, 0.15) is 0 Å². The Bertz CT molecular complexity index is 547. The van der Waals surface area contributed by atoms with Crippen molar-refractivity contribution < 1.29 is 9.90 Å². The van der Waals surface area contributed by atoms with Gasteiger partial charge < -0.3 is 10.0 Å². The summed E-state index contributed by atoms with van der Waals surface area (Å²) in [6.07, 6.45) is 1.52. The van der Waals surface area contributed by atoms with Crippen molar-refractivity contribution >= 4 is 17.7 Å². The lowest BCUT2D eigenvalue weighted by Gasteiger charge is -2.32. The molecule has 1 aliphatic rings. The van der Waals surface area contributed by atoms with Crippen LogP contribution in [0.1, 0.15) is 35.7 Å². The zero-order chi connectivity index (χ0) is 15.1. The maximum atomic E-state index is 12.7. The van der Waals surface area contributed by atoms with Crippen molar-refractivity contribution in [3.05, 3.63) is 35.4 Å². The van der Waals surface area contributed by atoms with Gasteiger partial charge in [0.2, 0.25) is 0 Å². The van der Waals surface area contributed by atoms with Crippen molar-refractivity contribution in [2.24, 2.45) is 0 Å². The molecule has 0 radical (unpaired) electrons. The van der Waals surface area contributed by atoms with Crippen LogP contribution < -0.4 is 0 Å². The molecule has 0 saturated carbocycles. The first-order valence-corrected chi connectivity index (χ1v) is 8.40. The van der Waals surface area contributed by atoms with Gasteiger partial charge in [-0.05, 0) is 18.6 Å². The number of thioether (sulfide) groups is 1. The average molecular weight is 303 g/mol. The highest BCUT2D eigenvalue weighted by molar-refractivity contribution is 8.00. The first-order valence-electron chi connectivity index (χ1n) is 7.36. The number of amides is 1. The van der Waals surface area contributed by atoms with E-state index in [4.69, 9.17) is 5.11 Å². The molecule has 1 amide bonds. The molecule has 3 nitrogen and oxygen atoms in total. The zero-order valence-electron chi connectivity index (χ0n) is 12.3. The highest BCUT2D eigenvalue weighted by Crippen LogP contribution is 2.23. The van der Waals surface area contributed by atoms with Crippen molar-refractivity contribution in [3.8, 4) is 11.8 Å². The fourth-order valence-electron chi connectivity index (χ4n) is 2.31. The smallest absolute Gasteiger partial charge is 0.255 e. The second kappa shape index (κ2) is 8.11. The van der Waals surface area contributed by atoms with Crippen LogP contribution in [0.5, 0.6) is 0 Å². The predicted molar refractivity (Wildman–Crippen MR) is 87.5 cm³/mol. The number of rotatable bonds is 3. The molecule has 0 spiro atoms. The molecule has 1 saturated heterocycles. The van der Waals surface area contributed by atoms with Crippen LogP contribution in [0, 0.1) is 11.8 Å². The number of nitrogens with zero attached hydrogens (tertiary/aromatic N) is 1. The van der Waals surface area contributed by atoms with E-state index in [1.165, 1.54) is 0 Å². The monoisotopic (exact) mass is 303 g/mol. The molecule has 2 rings (SSSR count). The SMILES string of the molecule is CCC1CN(C(=O)c2ccccc2C#CCCO)CCS1. The summed E-state index contributed by atoms with van der Waals surface area (Å²) in [4.78, 5) is 14.7. The molecule has 21 heavy (non-hydrogen) atoms. The Labute approximate surface area is 130 Å². The van der Waals surface area contributed by atoms with E-state index in [-0.39, 0.29) is 12.5 Å². The number of aliphatic hydroxyl groups is 1. The van der Waals surface area contributed by atoms with Crippen LogP contribution in [0.25, 0.3) is 0 Å². The Balaban J connectivity index is 2.17. The van der Waals surface area contributed by atoms with Gasteiger partial charge in [-0.25, -0.2) is 0 Å². The van der Waals surface area contributed by atoms with Gasteiger partial charge >= 0.3 is 0 Å². The molecule has 1 aromatic rings. The lowest BCUT2D eigenvalue weighted by atomic mass is 10.1. The summed E-state index contributed by atoms with van der Waals surface area (Å²) in [6, 6.07) is 7.47. The summed E-state index contributed by atoms with van der Waals surface area (Å²) in [7, 11) is 0. The number of carbonyl (C=O) groups is 1. The van der Waals surface area contributed by atoms with Crippen LogP contribution in [0.3, 0.4) is 0 Å². The van der Waals surface area contributed by atoms with Crippen LogP contribution in [-0.4, -0.2) is 46.6 Å². The zero-order valence-corrected chi connectivity index (χ0v) is 13.2. The van der Waals surface area contributed by atoms with Gasteiger partial charge in [-0.3, -0.25) is 4.79 Å². The number of carbonyl (C=O) groups excluding carboxylic acids is 1. The highest BCUT2D eigenvalue weighted by atomic mass is 32.2. The summed E-state index contributed by atoms with van der Waals surface area (Å²) < 4.78 is 0. The van der Waals surface area contributed by atoms with E-state index in [1.807, 2.05) is 40.9 Å². The minimum absolute atomic E-state index is 0.0463. The topological polar surface area (TPSA) is 40.5 Å². The summed E-state index contributed by atoms with van der Waals surface area (Å²) in [5, 5.41) is 9.34. The number of hydrogen-bond donors (Lipinski definition) is 1. The maximum Gasteiger partial charge on any atom is 0.255 e. The van der Waals surface area contributed by atoms with Gasteiger partial charge in [-0.2, -0.15) is 11.8 Å². The minimum Gasteiger partial charge on any atom is -0.395 e. The molecule has 1 heterocycles. The maximum absolute atomic E-state index is 12.7. The van der Waals surface area contributed by atoms with E-state index in [2.05, 4.69) is 18.8 Å². The van der Waals surface area contributed by atoms with Gasteiger partial charge in [0, 0.05) is 36.1 Å². The largest absolute Gasteiger partial charge is 0.395 e. The van der Waals surface area contributed by atoms with Crippen molar-refractivity contribution in [3.63, 3.8) is 0 Å². The van der Waals surface area contributed by atoms with Crippen LogP contribution in [-0.2, 0) is 0 Å². The van der Waals surface area contributed by atoms with E-state index >= 15 is 0 Å². The van der Waals surface area contributed by atoms with Gasteiger partial charge in [-0.1, -0.05) is 30.9 Å². The van der Waals surface area contributed by atoms with Crippen LogP contribution >= 0.6 is 11.8 Å². The van der Waals surface area contributed by atoms with Gasteiger partial charge in [0.25, 0.3) is 5.91 Å². The summed E-state index contributed by atoms with van der Waals surface area (Å²) >= 11 is 1.95. The predicted octanol–water partition coefficient (Wildman–Crippen LogP) is 2.39. The molecule has 0 aliphatic carbocycles. The van der Waals surface area contributed by atoms with E-state index in [1.54, 1.807) is 0 Å². The Morgan fingerprint density at radius 1 is 1.48 bits per heavy atom. The van der Waals surface area contributed by atoms with Crippen LogP contribution in [0.15, 0.2) is 24.3 Å². The summed E-state index contributed by atoms with van der Waals surface area (Å²) in [5.41, 5.74) is 1.42. The van der Waals surface area contributed by atoms with Crippen molar-refractivity contribution in [1.82, 2.24) is 4.90 Å². The minimum atomic E-state index is 0.0463. The third-order valence-electron chi connectivity index (χ3n) is 3.50. The molecule has 1 aliphatic heterocycles. The number of aliphatic hydroxyl groups excluding tert-OH is 1. The van der Waals surface area contributed by atoms with Crippen molar-refractivity contribution in [2.75, 3.05) is 25.4 Å². The first-order chi connectivity index (χ1) is 10.3. The molecule has 1 fully saturated rings. The number of benzene rings is 1. The van der Waals surface area contributed by atoms with E-state index < -0.39 is 0 Å². The Hall–Kier alpha value is -1.44. The van der Waals surface area contributed by atoms with Crippen LogP contribution in [0.4, 0.5) is 0 Å².